The maximum atomic E-state index is 12.9. The van der Waals surface area contributed by atoms with E-state index >= 15 is 0 Å². The Morgan fingerprint density at radius 1 is 1.42 bits per heavy atom. The van der Waals surface area contributed by atoms with E-state index in [1.807, 2.05) is 0 Å². The molecule has 1 heterocycles. The minimum Gasteiger partial charge on any atom is -0.317 e. The first kappa shape index (κ1) is 18.9. The summed E-state index contributed by atoms with van der Waals surface area (Å²) in [5.74, 6) is 1.14. The number of thiophene rings is 1. The van der Waals surface area contributed by atoms with Gasteiger partial charge in [0.1, 0.15) is 16.9 Å². The van der Waals surface area contributed by atoms with Gasteiger partial charge in [0, 0.05) is 16.2 Å². The minimum atomic E-state index is -0.241. The highest BCUT2D eigenvalue weighted by Gasteiger charge is 2.24. The molecule has 1 aromatic heterocycles. The van der Waals surface area contributed by atoms with Crippen molar-refractivity contribution in [2.75, 3.05) is 11.1 Å². The van der Waals surface area contributed by atoms with Gasteiger partial charge in [-0.3, -0.25) is 4.79 Å². The normalized spacial score (nSPS) is 16.0. The summed E-state index contributed by atoms with van der Waals surface area (Å²) in [5.41, 5.74) is 1.80. The zero-order valence-corrected chi connectivity index (χ0v) is 16.3. The van der Waals surface area contributed by atoms with Crippen LogP contribution in [0.25, 0.3) is 0 Å². The van der Waals surface area contributed by atoms with Crippen LogP contribution >= 0.6 is 23.1 Å². The summed E-state index contributed by atoms with van der Waals surface area (Å²) in [4.78, 5) is 14.5. The SMILES string of the molecule is CC1CCc2c(sc(NC(=O)CCCSc3ccc(F)cc3)c2C#N)C1. The fourth-order valence-electron chi connectivity index (χ4n) is 3.10. The van der Waals surface area contributed by atoms with Crippen molar-refractivity contribution in [1.29, 1.82) is 5.26 Å². The first-order chi connectivity index (χ1) is 12.6. The van der Waals surface area contributed by atoms with Crippen LogP contribution in [0.5, 0.6) is 0 Å². The lowest BCUT2D eigenvalue weighted by Gasteiger charge is -2.17. The summed E-state index contributed by atoms with van der Waals surface area (Å²) >= 11 is 3.17. The zero-order valence-electron chi connectivity index (χ0n) is 14.7. The van der Waals surface area contributed by atoms with Crippen LogP contribution < -0.4 is 5.32 Å². The molecule has 2 aromatic rings. The van der Waals surface area contributed by atoms with Crippen molar-refractivity contribution in [3.63, 3.8) is 0 Å². The molecule has 1 N–H and O–H groups in total. The van der Waals surface area contributed by atoms with Crippen molar-refractivity contribution in [1.82, 2.24) is 0 Å². The predicted octanol–water partition coefficient (Wildman–Crippen LogP) is 5.39. The quantitative estimate of drug-likeness (QED) is 0.533. The average Bonchev–Trinajstić information content (AvgIpc) is 2.96. The Labute approximate surface area is 161 Å². The van der Waals surface area contributed by atoms with E-state index < -0.39 is 0 Å². The topological polar surface area (TPSA) is 52.9 Å². The first-order valence-corrected chi connectivity index (χ1v) is 10.6. The van der Waals surface area contributed by atoms with E-state index in [0.717, 1.165) is 41.9 Å². The van der Waals surface area contributed by atoms with Gasteiger partial charge in [-0.05, 0) is 67.2 Å². The van der Waals surface area contributed by atoms with Gasteiger partial charge in [0.2, 0.25) is 5.91 Å². The maximum Gasteiger partial charge on any atom is 0.225 e. The van der Waals surface area contributed by atoms with Gasteiger partial charge in [-0.2, -0.15) is 5.26 Å². The van der Waals surface area contributed by atoms with Gasteiger partial charge < -0.3 is 5.32 Å². The number of halogens is 1. The lowest BCUT2D eigenvalue weighted by Crippen LogP contribution is -2.12. The molecule has 1 unspecified atom stereocenters. The van der Waals surface area contributed by atoms with Crippen LogP contribution in [0.1, 0.15) is 42.2 Å². The fraction of sp³-hybridized carbons (Fsp3) is 0.400. The molecule has 26 heavy (non-hydrogen) atoms. The smallest absolute Gasteiger partial charge is 0.225 e. The number of fused-ring (bicyclic) bond motifs is 1. The Morgan fingerprint density at radius 2 is 2.19 bits per heavy atom. The molecule has 1 aliphatic rings. The second-order valence-electron chi connectivity index (χ2n) is 6.62. The summed E-state index contributed by atoms with van der Waals surface area (Å²) in [6.07, 6.45) is 4.18. The molecule has 0 radical (unpaired) electrons. The zero-order chi connectivity index (χ0) is 18.5. The van der Waals surface area contributed by atoms with Gasteiger partial charge in [0.25, 0.3) is 0 Å². The molecule has 1 aromatic carbocycles. The van der Waals surface area contributed by atoms with Crippen LogP contribution in [-0.2, 0) is 17.6 Å². The lowest BCUT2D eigenvalue weighted by atomic mass is 9.89. The molecule has 0 bridgehead atoms. The second kappa shape index (κ2) is 8.70. The number of thioether (sulfide) groups is 1. The van der Waals surface area contributed by atoms with Gasteiger partial charge in [-0.15, -0.1) is 23.1 Å². The molecule has 0 aliphatic heterocycles. The molecular weight excluding hydrogens is 367 g/mol. The van der Waals surface area contributed by atoms with Crippen molar-refractivity contribution < 1.29 is 9.18 Å². The number of nitrogens with zero attached hydrogens (tertiary/aromatic N) is 1. The molecule has 3 rings (SSSR count). The van der Waals surface area contributed by atoms with Crippen LogP contribution in [0, 0.1) is 23.1 Å². The second-order valence-corrected chi connectivity index (χ2v) is 8.90. The molecule has 136 valence electrons. The Bertz CT molecular complexity index is 824. The Balaban J connectivity index is 1.50. The largest absolute Gasteiger partial charge is 0.317 e. The van der Waals surface area contributed by atoms with E-state index in [1.165, 1.54) is 17.0 Å². The number of rotatable bonds is 6. The highest BCUT2D eigenvalue weighted by molar-refractivity contribution is 7.99. The molecule has 0 saturated carbocycles. The Kier molecular flexibility index (Phi) is 6.33. The summed E-state index contributed by atoms with van der Waals surface area (Å²) in [5, 5.41) is 13.1. The molecule has 6 heteroatoms. The highest BCUT2D eigenvalue weighted by Crippen LogP contribution is 2.39. The van der Waals surface area contributed by atoms with E-state index in [9.17, 15) is 14.4 Å². The van der Waals surface area contributed by atoms with Gasteiger partial charge in [-0.1, -0.05) is 6.92 Å². The third kappa shape index (κ3) is 4.66. The van der Waals surface area contributed by atoms with Crippen molar-refractivity contribution in [3.05, 3.63) is 46.1 Å². The third-order valence-corrected chi connectivity index (χ3v) is 6.78. The standard InChI is InChI=1S/C20H21FN2OS2/c1-13-4-9-16-17(12-22)20(26-18(16)11-13)23-19(24)3-2-10-25-15-7-5-14(21)6-8-15/h5-8,13H,2-4,9-11H2,1H3,(H,23,24). The van der Waals surface area contributed by atoms with Crippen LogP contribution in [0.15, 0.2) is 29.2 Å². The number of carbonyl (C=O) groups excluding carboxylic acids is 1. The molecule has 1 atom stereocenters. The number of amides is 1. The fourth-order valence-corrected chi connectivity index (χ4v) is 5.33. The molecule has 1 amide bonds. The average molecular weight is 389 g/mol. The summed E-state index contributed by atoms with van der Waals surface area (Å²) < 4.78 is 12.9. The van der Waals surface area contributed by atoms with Crippen LogP contribution in [-0.4, -0.2) is 11.7 Å². The predicted molar refractivity (Wildman–Crippen MR) is 105 cm³/mol. The molecule has 0 fully saturated rings. The summed E-state index contributed by atoms with van der Waals surface area (Å²) in [6.45, 7) is 2.23. The number of benzene rings is 1. The van der Waals surface area contributed by atoms with E-state index in [-0.39, 0.29) is 11.7 Å². The van der Waals surface area contributed by atoms with Crippen LogP contribution in [0.4, 0.5) is 9.39 Å². The van der Waals surface area contributed by atoms with Crippen molar-refractivity contribution >= 4 is 34.0 Å². The molecule has 0 saturated heterocycles. The third-order valence-electron chi connectivity index (χ3n) is 4.51. The molecular formula is C20H21FN2OS2. The van der Waals surface area contributed by atoms with Crippen LogP contribution in [0.3, 0.4) is 0 Å². The Hall–Kier alpha value is -1.84. The number of nitrogens with one attached hydrogen (secondary N) is 1. The number of anilines is 1. The number of nitriles is 1. The maximum absolute atomic E-state index is 12.9. The summed E-state index contributed by atoms with van der Waals surface area (Å²) in [6, 6.07) is 8.66. The van der Waals surface area contributed by atoms with E-state index in [4.69, 9.17) is 0 Å². The van der Waals surface area contributed by atoms with Gasteiger partial charge in [-0.25, -0.2) is 4.39 Å². The van der Waals surface area contributed by atoms with Crippen molar-refractivity contribution in [3.8, 4) is 6.07 Å². The van der Waals surface area contributed by atoms with Crippen molar-refractivity contribution in [2.24, 2.45) is 5.92 Å². The number of carbonyl (C=O) groups is 1. The van der Waals surface area contributed by atoms with Gasteiger partial charge >= 0.3 is 0 Å². The lowest BCUT2D eigenvalue weighted by molar-refractivity contribution is -0.116. The summed E-state index contributed by atoms with van der Waals surface area (Å²) in [7, 11) is 0. The molecule has 3 nitrogen and oxygen atoms in total. The molecule has 1 aliphatic carbocycles. The molecule has 0 spiro atoms. The van der Waals surface area contributed by atoms with E-state index in [2.05, 4.69) is 18.3 Å². The van der Waals surface area contributed by atoms with E-state index in [0.29, 0.717) is 22.9 Å². The van der Waals surface area contributed by atoms with Crippen molar-refractivity contribution in [2.45, 2.75) is 43.9 Å². The van der Waals surface area contributed by atoms with E-state index in [1.54, 1.807) is 35.2 Å². The minimum absolute atomic E-state index is 0.0483. The monoisotopic (exact) mass is 388 g/mol. The number of hydrogen-bond donors (Lipinski definition) is 1. The van der Waals surface area contributed by atoms with Gasteiger partial charge in [0.05, 0.1) is 5.56 Å². The first-order valence-electron chi connectivity index (χ1n) is 8.79. The van der Waals surface area contributed by atoms with Crippen LogP contribution in [0.2, 0.25) is 0 Å². The number of hydrogen-bond acceptors (Lipinski definition) is 4. The Morgan fingerprint density at radius 3 is 2.92 bits per heavy atom. The van der Waals surface area contributed by atoms with Gasteiger partial charge in [0.15, 0.2) is 0 Å². The highest BCUT2D eigenvalue weighted by atomic mass is 32.2.